The summed E-state index contributed by atoms with van der Waals surface area (Å²) < 4.78 is 179. The molecule has 0 saturated heterocycles. The third-order valence-corrected chi connectivity index (χ3v) is 14.5. The Kier molecular flexibility index (Phi) is 15.6. The summed E-state index contributed by atoms with van der Waals surface area (Å²) in [6, 6.07) is 51.0. The van der Waals surface area contributed by atoms with Crippen molar-refractivity contribution in [2.24, 2.45) is 0 Å². The van der Waals surface area contributed by atoms with Crippen molar-refractivity contribution in [3.05, 3.63) is 294 Å². The van der Waals surface area contributed by atoms with Gasteiger partial charge in [0.05, 0.1) is 33.6 Å². The molecule has 432 valence electrons. The van der Waals surface area contributed by atoms with E-state index in [-0.39, 0.29) is 96.4 Å². The van der Waals surface area contributed by atoms with Crippen LogP contribution in [0.2, 0.25) is 0 Å². The Hall–Kier alpha value is -10.4. The molecule has 87 heavy (non-hydrogen) atoms. The minimum absolute atomic E-state index is 0.00539. The molecular formula is C70H41F12N3O2. The lowest BCUT2D eigenvalue weighted by atomic mass is 9.86. The number of hydrogen-bond donors (Lipinski definition) is 0. The third kappa shape index (κ3) is 12.4. The zero-order valence-corrected chi connectivity index (χ0v) is 44.9. The van der Waals surface area contributed by atoms with Gasteiger partial charge >= 0.3 is 24.7 Å². The van der Waals surface area contributed by atoms with E-state index in [9.17, 15) is 62.3 Å². The molecule has 11 rings (SSSR count). The number of carbonyl (C=O) groups excluding carboxylic acids is 2. The normalized spacial score (nSPS) is 12.0. The zero-order chi connectivity index (χ0) is 61.4. The molecule has 0 atom stereocenters. The standard InChI is InChI=1S/C70H41F12N3O2/c71-67(72,73)54-30-50(31-55(38-54)68(74,75)76)52-34-59(42-20-24-46(25-21-42)65(86)44-12-4-1-5-13-44)63(48-16-10-28-83-40-48)61(36-52)85(58-18-8-3-9-19-58)62-37-53(51-32-56(69(77,78)79)39-57(33-51)70(80,81)82)35-60(64(62)49-17-11-29-84-41-49)43-22-26-47(27-23-43)66(87)45-14-6-2-7-15-45/h1-41H. The molecule has 0 unspecified atom stereocenters. The molecule has 9 aromatic carbocycles. The van der Waals surface area contributed by atoms with Crippen LogP contribution in [-0.2, 0) is 24.7 Å². The smallest absolute Gasteiger partial charge is 0.309 e. The fourth-order valence-corrected chi connectivity index (χ4v) is 10.4. The molecule has 0 saturated carbocycles. The maximum atomic E-state index is 14.9. The van der Waals surface area contributed by atoms with E-state index in [4.69, 9.17) is 0 Å². The van der Waals surface area contributed by atoms with Crippen LogP contribution in [0.4, 0.5) is 69.7 Å². The second kappa shape index (κ2) is 23.2. The number of aromatic nitrogens is 2. The molecule has 11 aromatic rings. The first-order valence-electron chi connectivity index (χ1n) is 26.5. The molecule has 0 N–H and O–H groups in total. The van der Waals surface area contributed by atoms with Crippen molar-refractivity contribution in [3.63, 3.8) is 0 Å². The van der Waals surface area contributed by atoms with Crippen LogP contribution in [0.25, 0.3) is 66.8 Å². The SMILES string of the molecule is O=C(c1ccccc1)c1ccc(-c2cc(-c3cc(C(F)(F)F)cc(C(F)(F)F)c3)cc(N(c3ccccc3)c3cc(-c4cc(C(F)(F)F)cc(C(F)(F)F)c4)cc(-c4ccc(C(=O)c5ccccc5)cc4)c3-c3cccnc3)c2-c2cccnc2)cc1. The number of benzene rings is 9. The van der Waals surface area contributed by atoms with Crippen molar-refractivity contribution >= 4 is 28.6 Å². The predicted molar refractivity (Wildman–Crippen MR) is 309 cm³/mol. The Morgan fingerprint density at radius 2 is 0.609 bits per heavy atom. The van der Waals surface area contributed by atoms with Gasteiger partial charge in [-0.1, -0.05) is 140 Å². The first-order chi connectivity index (χ1) is 41.5. The maximum absolute atomic E-state index is 14.9. The molecule has 0 aliphatic rings. The largest absolute Gasteiger partial charge is 0.416 e. The van der Waals surface area contributed by atoms with Gasteiger partial charge in [-0.25, -0.2) is 0 Å². The molecule has 2 heterocycles. The van der Waals surface area contributed by atoms with Crippen molar-refractivity contribution in [3.8, 4) is 66.8 Å². The van der Waals surface area contributed by atoms with E-state index in [1.165, 1.54) is 73.3 Å². The van der Waals surface area contributed by atoms with Crippen molar-refractivity contribution in [2.45, 2.75) is 24.7 Å². The van der Waals surface area contributed by atoms with Gasteiger partial charge < -0.3 is 4.90 Å². The molecule has 17 heteroatoms. The molecule has 0 bridgehead atoms. The Morgan fingerprint density at radius 1 is 0.299 bits per heavy atom. The fraction of sp³-hybridized carbons (Fsp3) is 0.0571. The van der Waals surface area contributed by atoms with Crippen LogP contribution in [0.3, 0.4) is 0 Å². The van der Waals surface area contributed by atoms with Gasteiger partial charge in [0, 0.05) is 75.0 Å². The monoisotopic (exact) mass is 1180 g/mol. The van der Waals surface area contributed by atoms with Gasteiger partial charge in [-0.05, 0) is 129 Å². The van der Waals surface area contributed by atoms with Crippen LogP contribution < -0.4 is 4.90 Å². The number of alkyl halides is 12. The Labute approximate surface area is 489 Å². The van der Waals surface area contributed by atoms with Gasteiger partial charge in [0.2, 0.25) is 0 Å². The summed E-state index contributed by atoms with van der Waals surface area (Å²) >= 11 is 0. The number of pyridine rings is 2. The number of halogens is 12. The number of carbonyl (C=O) groups is 2. The molecule has 0 amide bonds. The molecule has 0 radical (unpaired) electrons. The number of ketones is 2. The number of nitrogens with zero attached hydrogens (tertiary/aromatic N) is 3. The third-order valence-electron chi connectivity index (χ3n) is 14.5. The van der Waals surface area contributed by atoms with Crippen molar-refractivity contribution in [2.75, 3.05) is 4.90 Å². The summed E-state index contributed by atoms with van der Waals surface area (Å²) in [5.74, 6) is -0.746. The van der Waals surface area contributed by atoms with E-state index in [1.54, 1.807) is 144 Å². The summed E-state index contributed by atoms with van der Waals surface area (Å²) in [6.07, 6.45) is -15.4. The van der Waals surface area contributed by atoms with Gasteiger partial charge in [-0.2, -0.15) is 52.7 Å². The first-order valence-corrected chi connectivity index (χ1v) is 26.5. The van der Waals surface area contributed by atoms with E-state index in [1.807, 2.05) is 0 Å². The Balaban J connectivity index is 1.30. The van der Waals surface area contributed by atoms with Crippen LogP contribution in [0, 0.1) is 0 Å². The highest BCUT2D eigenvalue weighted by Crippen LogP contribution is 2.54. The van der Waals surface area contributed by atoms with Crippen molar-refractivity contribution in [1.29, 1.82) is 0 Å². The number of anilines is 3. The summed E-state index contributed by atoms with van der Waals surface area (Å²) in [5, 5.41) is 0. The van der Waals surface area contributed by atoms with Gasteiger partial charge in [0.1, 0.15) is 0 Å². The van der Waals surface area contributed by atoms with Gasteiger partial charge in [0.25, 0.3) is 0 Å². The summed E-state index contributed by atoms with van der Waals surface area (Å²) in [4.78, 5) is 38.0. The molecule has 5 nitrogen and oxygen atoms in total. The summed E-state index contributed by atoms with van der Waals surface area (Å²) in [6.45, 7) is 0. The quantitative estimate of drug-likeness (QED) is 0.0850. The van der Waals surface area contributed by atoms with Crippen LogP contribution in [0.15, 0.2) is 249 Å². The van der Waals surface area contributed by atoms with Gasteiger partial charge in [0.15, 0.2) is 11.6 Å². The molecule has 0 aliphatic carbocycles. The van der Waals surface area contributed by atoms with Gasteiger partial charge in [-0.3, -0.25) is 19.6 Å². The van der Waals surface area contributed by atoms with E-state index in [2.05, 4.69) is 9.97 Å². The number of hydrogen-bond acceptors (Lipinski definition) is 5. The molecule has 0 fully saturated rings. The van der Waals surface area contributed by atoms with E-state index in [0.717, 1.165) is 0 Å². The summed E-state index contributed by atoms with van der Waals surface area (Å²) in [7, 11) is 0. The van der Waals surface area contributed by atoms with E-state index in [0.29, 0.717) is 46.5 Å². The highest BCUT2D eigenvalue weighted by Gasteiger charge is 2.39. The Morgan fingerprint density at radius 3 is 0.920 bits per heavy atom. The van der Waals surface area contributed by atoms with Crippen molar-refractivity contribution < 1.29 is 62.3 Å². The van der Waals surface area contributed by atoms with Crippen molar-refractivity contribution in [1.82, 2.24) is 9.97 Å². The molecule has 0 spiro atoms. The lowest BCUT2D eigenvalue weighted by molar-refractivity contribution is -0.144. The lowest BCUT2D eigenvalue weighted by Crippen LogP contribution is -2.15. The molecular weight excluding hydrogens is 1140 g/mol. The minimum atomic E-state index is -5.30. The van der Waals surface area contributed by atoms with Crippen LogP contribution in [0.5, 0.6) is 0 Å². The zero-order valence-electron chi connectivity index (χ0n) is 44.9. The van der Waals surface area contributed by atoms with Crippen LogP contribution in [0.1, 0.15) is 54.1 Å². The number of rotatable bonds is 13. The van der Waals surface area contributed by atoms with E-state index >= 15 is 0 Å². The second-order valence-electron chi connectivity index (χ2n) is 20.1. The maximum Gasteiger partial charge on any atom is 0.416 e. The highest BCUT2D eigenvalue weighted by molar-refractivity contribution is 6.11. The Bertz CT molecular complexity index is 4000. The molecule has 2 aromatic heterocycles. The number of para-hydroxylation sites is 1. The minimum Gasteiger partial charge on any atom is -0.309 e. The van der Waals surface area contributed by atoms with Crippen LogP contribution >= 0.6 is 0 Å². The summed E-state index contributed by atoms with van der Waals surface area (Å²) in [5.41, 5.74) is -4.84. The lowest BCUT2D eigenvalue weighted by Gasteiger charge is -2.33. The topological polar surface area (TPSA) is 63.2 Å². The van der Waals surface area contributed by atoms with Crippen LogP contribution in [-0.4, -0.2) is 21.5 Å². The fourth-order valence-electron chi connectivity index (χ4n) is 10.4. The average Bonchev–Trinajstić information content (AvgIpc) is 0.827. The average molecular weight is 1180 g/mol. The van der Waals surface area contributed by atoms with E-state index < -0.39 is 58.1 Å². The predicted octanol–water partition coefficient (Wildman–Crippen LogP) is 20.5. The van der Waals surface area contributed by atoms with Gasteiger partial charge in [-0.15, -0.1) is 0 Å². The highest BCUT2D eigenvalue weighted by atomic mass is 19.4. The second-order valence-corrected chi connectivity index (χ2v) is 20.1. The first kappa shape index (κ1) is 58.4. The molecule has 0 aliphatic heterocycles.